The van der Waals surface area contributed by atoms with Gasteiger partial charge in [-0.05, 0) is 36.4 Å². The molecule has 0 saturated carbocycles. The number of nitrogens with one attached hydrogen (secondary N) is 2. The Balaban J connectivity index is 1.50. The van der Waals surface area contributed by atoms with Crippen LogP contribution in [0.15, 0.2) is 53.6 Å². The van der Waals surface area contributed by atoms with Crippen molar-refractivity contribution in [3.8, 4) is 0 Å². The number of aromatic nitrogens is 2. The highest BCUT2D eigenvalue weighted by Gasteiger charge is 2.21. The molecule has 0 atom stereocenters. The maximum Gasteiger partial charge on any atom is 0.264 e. The topological polar surface area (TPSA) is 130 Å². The van der Waals surface area contributed by atoms with E-state index in [0.29, 0.717) is 29.6 Å². The number of carbonyl (C=O) groups excluding carboxylic acids is 1. The first-order valence-corrected chi connectivity index (χ1v) is 12.3. The number of carbonyl (C=O) groups is 1. The average molecular weight is 469 g/mol. The Hall–Kier alpha value is -3.12. The second kappa shape index (κ2) is 8.10. The number of nitrogens with zero attached hydrogens (tertiary/aromatic N) is 3. The van der Waals surface area contributed by atoms with E-state index in [1.807, 2.05) is 23.1 Å². The number of anilines is 2. The first kappa shape index (κ1) is 20.8. The number of piperazine rings is 1. The van der Waals surface area contributed by atoms with E-state index in [-0.39, 0.29) is 10.8 Å². The van der Waals surface area contributed by atoms with Crippen LogP contribution in [0.1, 0.15) is 9.67 Å². The van der Waals surface area contributed by atoms with Crippen LogP contribution in [0.3, 0.4) is 0 Å². The van der Waals surface area contributed by atoms with Gasteiger partial charge in [-0.3, -0.25) is 4.79 Å². The molecule has 2 aromatic heterocycles. The Morgan fingerprint density at radius 2 is 1.97 bits per heavy atom. The Kier molecular flexibility index (Phi) is 5.25. The molecule has 1 amide bonds. The lowest BCUT2D eigenvalue weighted by molar-refractivity contribution is 0.0741. The van der Waals surface area contributed by atoms with Gasteiger partial charge in [0.2, 0.25) is 16.0 Å². The summed E-state index contributed by atoms with van der Waals surface area (Å²) in [4.78, 5) is 24.5. The van der Waals surface area contributed by atoms with Crippen LogP contribution in [0.2, 0.25) is 0 Å². The number of rotatable bonds is 4. The van der Waals surface area contributed by atoms with Crippen molar-refractivity contribution in [2.24, 2.45) is 5.14 Å². The van der Waals surface area contributed by atoms with Crippen molar-refractivity contribution in [2.45, 2.75) is 4.90 Å². The summed E-state index contributed by atoms with van der Waals surface area (Å²) in [5.74, 6) is 0.353. The van der Waals surface area contributed by atoms with E-state index in [4.69, 9.17) is 5.14 Å². The quantitative estimate of drug-likeness (QED) is 0.419. The lowest BCUT2D eigenvalue weighted by Crippen LogP contribution is -2.46. The van der Waals surface area contributed by atoms with Gasteiger partial charge in [0.1, 0.15) is 0 Å². The minimum atomic E-state index is -3.82. The van der Waals surface area contributed by atoms with Crippen LogP contribution < -0.4 is 15.8 Å². The number of nitrogens with two attached hydrogens (primary N) is 1. The van der Waals surface area contributed by atoms with E-state index in [1.165, 1.54) is 23.5 Å². The second-order valence-corrected chi connectivity index (χ2v) is 10.1. The maximum atomic E-state index is 12.9. The SMILES string of the molecule is NS(=O)(=O)c1cccc(Nc2ncc3ccc4sc(C(=O)N5CCNCC5)cc4c3n2)c1. The predicted octanol–water partition coefficient (Wildman–Crippen LogP) is 2.28. The van der Waals surface area contributed by atoms with Gasteiger partial charge in [0.15, 0.2) is 0 Å². The molecule has 1 aliphatic heterocycles. The van der Waals surface area contributed by atoms with Crippen LogP contribution in [0.4, 0.5) is 11.6 Å². The van der Waals surface area contributed by atoms with E-state index in [9.17, 15) is 13.2 Å². The standard InChI is InChI=1S/C21H20N6O3S2/c22-32(29,30)15-3-1-2-14(10-15)25-21-24-12-13-4-5-17-16(19(13)26-21)11-18(31-17)20(28)27-8-6-23-7-9-27/h1-5,10-12,23H,6-9H2,(H2,22,29,30)(H,24,25,26). The molecule has 164 valence electrons. The number of hydrogen-bond donors (Lipinski definition) is 3. The fraction of sp³-hybridized carbons (Fsp3) is 0.190. The third-order valence-electron chi connectivity index (χ3n) is 5.28. The summed E-state index contributed by atoms with van der Waals surface area (Å²) >= 11 is 1.46. The minimum Gasteiger partial charge on any atom is -0.335 e. The van der Waals surface area contributed by atoms with Crippen molar-refractivity contribution >= 4 is 59.9 Å². The van der Waals surface area contributed by atoms with Crippen LogP contribution in [-0.2, 0) is 10.0 Å². The number of thiophene rings is 1. The Bertz CT molecular complexity index is 1440. The molecule has 4 aromatic rings. The third-order valence-corrected chi connectivity index (χ3v) is 7.28. The normalized spacial score (nSPS) is 14.7. The second-order valence-electron chi connectivity index (χ2n) is 7.46. The molecule has 0 bridgehead atoms. The molecule has 1 aliphatic rings. The Labute approximate surface area is 188 Å². The molecule has 1 fully saturated rings. The van der Waals surface area contributed by atoms with Crippen molar-refractivity contribution in [3.63, 3.8) is 0 Å². The van der Waals surface area contributed by atoms with Crippen molar-refractivity contribution in [1.29, 1.82) is 0 Å². The summed E-state index contributed by atoms with van der Waals surface area (Å²) < 4.78 is 24.2. The molecule has 0 unspecified atom stereocenters. The van der Waals surface area contributed by atoms with Crippen LogP contribution in [-0.4, -0.2) is 55.4 Å². The van der Waals surface area contributed by atoms with Gasteiger partial charge in [0.05, 0.1) is 15.3 Å². The van der Waals surface area contributed by atoms with Gasteiger partial charge in [0, 0.05) is 53.5 Å². The van der Waals surface area contributed by atoms with Gasteiger partial charge in [-0.25, -0.2) is 23.5 Å². The summed E-state index contributed by atoms with van der Waals surface area (Å²) in [6.45, 7) is 2.99. The molecule has 0 spiro atoms. The van der Waals surface area contributed by atoms with Crippen LogP contribution in [0.5, 0.6) is 0 Å². The number of benzene rings is 2. The van der Waals surface area contributed by atoms with Gasteiger partial charge in [-0.15, -0.1) is 11.3 Å². The fourth-order valence-electron chi connectivity index (χ4n) is 3.68. The zero-order valence-corrected chi connectivity index (χ0v) is 18.5. The lowest BCUT2D eigenvalue weighted by atomic mass is 10.1. The van der Waals surface area contributed by atoms with Crippen molar-refractivity contribution in [1.82, 2.24) is 20.2 Å². The van der Waals surface area contributed by atoms with E-state index < -0.39 is 10.0 Å². The molecule has 5 rings (SSSR count). The number of sulfonamides is 1. The van der Waals surface area contributed by atoms with Crippen LogP contribution >= 0.6 is 11.3 Å². The highest BCUT2D eigenvalue weighted by Crippen LogP contribution is 2.32. The van der Waals surface area contributed by atoms with Gasteiger partial charge >= 0.3 is 0 Å². The van der Waals surface area contributed by atoms with E-state index >= 15 is 0 Å². The molecule has 11 heteroatoms. The summed E-state index contributed by atoms with van der Waals surface area (Å²) in [7, 11) is -3.82. The summed E-state index contributed by atoms with van der Waals surface area (Å²) in [6, 6.07) is 11.9. The Morgan fingerprint density at radius 1 is 1.16 bits per heavy atom. The molecule has 1 saturated heterocycles. The van der Waals surface area contributed by atoms with Gasteiger partial charge in [-0.1, -0.05) is 6.07 Å². The Morgan fingerprint density at radius 3 is 2.75 bits per heavy atom. The monoisotopic (exact) mass is 468 g/mol. The van der Waals surface area contributed by atoms with E-state index in [0.717, 1.165) is 34.1 Å². The highest BCUT2D eigenvalue weighted by atomic mass is 32.2. The van der Waals surface area contributed by atoms with Crippen LogP contribution in [0, 0.1) is 0 Å². The molecular weight excluding hydrogens is 448 g/mol. The number of fused-ring (bicyclic) bond motifs is 3. The smallest absolute Gasteiger partial charge is 0.264 e. The third kappa shape index (κ3) is 4.02. The molecular formula is C21H20N6O3S2. The number of primary sulfonamides is 1. The zero-order valence-electron chi connectivity index (χ0n) is 16.9. The average Bonchev–Trinajstić information content (AvgIpc) is 3.24. The van der Waals surface area contributed by atoms with Crippen molar-refractivity contribution in [2.75, 3.05) is 31.5 Å². The highest BCUT2D eigenvalue weighted by molar-refractivity contribution is 7.89. The molecule has 32 heavy (non-hydrogen) atoms. The van der Waals surface area contributed by atoms with Crippen LogP contribution in [0.25, 0.3) is 21.0 Å². The zero-order chi connectivity index (χ0) is 22.3. The maximum absolute atomic E-state index is 12.9. The van der Waals surface area contributed by atoms with Crippen molar-refractivity contribution < 1.29 is 13.2 Å². The predicted molar refractivity (Wildman–Crippen MR) is 125 cm³/mol. The molecule has 2 aromatic carbocycles. The molecule has 0 radical (unpaired) electrons. The van der Waals surface area contributed by atoms with Crippen molar-refractivity contribution in [3.05, 3.63) is 53.5 Å². The first-order chi connectivity index (χ1) is 15.4. The van der Waals surface area contributed by atoms with Gasteiger partial charge in [0.25, 0.3) is 5.91 Å². The largest absolute Gasteiger partial charge is 0.335 e. The molecule has 3 heterocycles. The first-order valence-electron chi connectivity index (χ1n) is 9.98. The molecule has 4 N–H and O–H groups in total. The number of amides is 1. The fourth-order valence-corrected chi connectivity index (χ4v) is 5.27. The minimum absolute atomic E-state index is 0.000388. The summed E-state index contributed by atoms with van der Waals surface area (Å²) in [5, 5.41) is 13.2. The van der Waals surface area contributed by atoms with Gasteiger partial charge < -0.3 is 15.5 Å². The summed E-state index contributed by atoms with van der Waals surface area (Å²) in [6.07, 6.45) is 1.70. The van der Waals surface area contributed by atoms with Gasteiger partial charge in [-0.2, -0.15) is 0 Å². The van der Waals surface area contributed by atoms with E-state index in [2.05, 4.69) is 20.6 Å². The van der Waals surface area contributed by atoms with E-state index in [1.54, 1.807) is 18.3 Å². The summed E-state index contributed by atoms with van der Waals surface area (Å²) in [5.41, 5.74) is 1.22. The molecule has 0 aliphatic carbocycles. The number of hydrogen-bond acceptors (Lipinski definition) is 8. The molecule has 9 nitrogen and oxygen atoms in total. The lowest BCUT2D eigenvalue weighted by Gasteiger charge is -2.26.